The number of nitrogens with zero attached hydrogens (tertiary/aromatic N) is 1. The fourth-order valence-corrected chi connectivity index (χ4v) is 3.78. The lowest BCUT2D eigenvalue weighted by Gasteiger charge is -2.39. The minimum absolute atomic E-state index is 0. The van der Waals surface area contributed by atoms with Crippen molar-refractivity contribution in [1.82, 2.24) is 10.2 Å². The molecule has 0 spiro atoms. The van der Waals surface area contributed by atoms with Crippen LogP contribution in [0.3, 0.4) is 0 Å². The first-order valence-corrected chi connectivity index (χ1v) is 9.02. The second-order valence-electron chi connectivity index (χ2n) is 6.24. The van der Waals surface area contributed by atoms with Crippen LogP contribution in [0.5, 0.6) is 5.75 Å². The van der Waals surface area contributed by atoms with Crippen LogP contribution in [0.15, 0.2) is 12.1 Å². The molecule has 1 unspecified atom stereocenters. The normalized spacial score (nSPS) is 17.9. The Morgan fingerprint density at radius 3 is 2.50 bits per heavy atom. The maximum absolute atomic E-state index is 14.4. The maximum atomic E-state index is 14.4. The Bertz CT molecular complexity index is 487. The molecule has 1 heterocycles. The molecule has 1 saturated heterocycles. The molecule has 3 nitrogen and oxygen atoms in total. The summed E-state index contributed by atoms with van der Waals surface area (Å²) in [6.45, 7) is 10.6. The molecule has 1 N–H and O–H groups in total. The van der Waals surface area contributed by atoms with Crippen molar-refractivity contribution in [2.75, 3.05) is 32.8 Å². The number of hydrogen-bond donors (Lipinski definition) is 1. The molecule has 0 aliphatic carbocycles. The summed E-state index contributed by atoms with van der Waals surface area (Å²) in [5.74, 6) is 0.254. The Morgan fingerprint density at radius 1 is 1.29 bits per heavy atom. The average Bonchev–Trinajstić information content (AvgIpc) is 2.52. The molecule has 1 fully saturated rings. The van der Waals surface area contributed by atoms with Crippen LogP contribution in [0, 0.1) is 11.7 Å². The summed E-state index contributed by atoms with van der Waals surface area (Å²) in [4.78, 5) is 2.45. The molecule has 0 radical (unpaired) electrons. The minimum Gasteiger partial charge on any atom is -0.489 e. The molecule has 138 valence electrons. The lowest BCUT2D eigenvalue weighted by molar-refractivity contribution is 0.125. The van der Waals surface area contributed by atoms with Gasteiger partial charge in [0.1, 0.15) is 0 Å². The highest BCUT2D eigenvalue weighted by atomic mass is 35.5. The van der Waals surface area contributed by atoms with Crippen molar-refractivity contribution in [3.8, 4) is 5.75 Å². The van der Waals surface area contributed by atoms with Crippen LogP contribution in [0.2, 0.25) is 5.02 Å². The van der Waals surface area contributed by atoms with E-state index in [-0.39, 0.29) is 30.0 Å². The Morgan fingerprint density at radius 2 is 1.96 bits per heavy atom. The van der Waals surface area contributed by atoms with Gasteiger partial charge in [-0.1, -0.05) is 31.9 Å². The highest BCUT2D eigenvalue weighted by Crippen LogP contribution is 2.37. The number of benzene rings is 1. The molecule has 0 aromatic heterocycles. The number of nitrogens with one attached hydrogen (secondary N) is 1. The maximum Gasteiger partial charge on any atom is 0.173 e. The third kappa shape index (κ3) is 5.22. The van der Waals surface area contributed by atoms with Crippen LogP contribution in [-0.4, -0.2) is 37.7 Å². The van der Waals surface area contributed by atoms with Crippen LogP contribution in [0.1, 0.15) is 45.2 Å². The minimum atomic E-state index is -0.363. The first-order chi connectivity index (χ1) is 11.1. The Kier molecular flexibility index (Phi) is 9.35. The summed E-state index contributed by atoms with van der Waals surface area (Å²) in [5.41, 5.74) is 0.957. The second kappa shape index (κ2) is 10.4. The molecule has 0 saturated carbocycles. The van der Waals surface area contributed by atoms with Crippen LogP contribution in [0.25, 0.3) is 0 Å². The van der Waals surface area contributed by atoms with Gasteiger partial charge in [0.05, 0.1) is 11.6 Å². The van der Waals surface area contributed by atoms with Crippen molar-refractivity contribution in [2.45, 2.75) is 39.7 Å². The zero-order chi connectivity index (χ0) is 16.8. The predicted octanol–water partition coefficient (Wildman–Crippen LogP) is 4.68. The lowest BCUT2D eigenvalue weighted by atomic mass is 9.89. The smallest absolute Gasteiger partial charge is 0.173 e. The van der Waals surface area contributed by atoms with Crippen LogP contribution in [-0.2, 0) is 0 Å². The van der Waals surface area contributed by atoms with Gasteiger partial charge in [-0.05, 0) is 37.0 Å². The zero-order valence-corrected chi connectivity index (χ0v) is 16.4. The number of hydrogen-bond acceptors (Lipinski definition) is 3. The van der Waals surface area contributed by atoms with Gasteiger partial charge in [0.25, 0.3) is 0 Å². The molecular weight excluding hydrogens is 350 g/mol. The Hall–Kier alpha value is -0.550. The van der Waals surface area contributed by atoms with Gasteiger partial charge in [-0.3, -0.25) is 4.90 Å². The van der Waals surface area contributed by atoms with E-state index in [1.165, 1.54) is 0 Å². The van der Waals surface area contributed by atoms with Crippen molar-refractivity contribution in [2.24, 2.45) is 5.92 Å². The summed E-state index contributed by atoms with van der Waals surface area (Å²) < 4.78 is 19.8. The Labute approximate surface area is 156 Å². The van der Waals surface area contributed by atoms with Crippen LogP contribution < -0.4 is 10.1 Å². The number of halogens is 3. The van der Waals surface area contributed by atoms with Crippen molar-refractivity contribution >= 4 is 24.0 Å². The van der Waals surface area contributed by atoms with Crippen LogP contribution in [0.4, 0.5) is 4.39 Å². The molecule has 2 atom stereocenters. The third-order valence-corrected chi connectivity index (χ3v) is 4.76. The van der Waals surface area contributed by atoms with E-state index in [0.29, 0.717) is 17.5 Å². The summed E-state index contributed by atoms with van der Waals surface area (Å²) in [6.07, 6.45) is 2.23. The van der Waals surface area contributed by atoms with E-state index in [4.69, 9.17) is 16.3 Å². The molecule has 1 aromatic rings. The number of rotatable bonds is 7. The van der Waals surface area contributed by atoms with Gasteiger partial charge in [-0.2, -0.15) is 0 Å². The summed E-state index contributed by atoms with van der Waals surface area (Å²) in [5, 5.41) is 3.75. The number of piperazine rings is 1. The highest BCUT2D eigenvalue weighted by Gasteiger charge is 2.28. The average molecular weight is 379 g/mol. The molecule has 1 aliphatic rings. The van der Waals surface area contributed by atoms with E-state index >= 15 is 0 Å². The number of ether oxygens (including phenoxy) is 1. The quantitative estimate of drug-likeness (QED) is 0.744. The fraction of sp³-hybridized carbons (Fsp3) is 0.667. The second-order valence-corrected chi connectivity index (χ2v) is 6.65. The van der Waals surface area contributed by atoms with E-state index < -0.39 is 0 Å². The monoisotopic (exact) mass is 378 g/mol. The van der Waals surface area contributed by atoms with Gasteiger partial charge in [0, 0.05) is 32.2 Å². The molecule has 1 aromatic carbocycles. The van der Waals surface area contributed by atoms with E-state index in [9.17, 15) is 4.39 Å². The molecular formula is C18H29Cl2FN2O. The molecule has 0 bridgehead atoms. The van der Waals surface area contributed by atoms with Gasteiger partial charge in [-0.25, -0.2) is 4.39 Å². The van der Waals surface area contributed by atoms with Gasteiger partial charge in [0.2, 0.25) is 0 Å². The van der Waals surface area contributed by atoms with Gasteiger partial charge >= 0.3 is 0 Å². The van der Waals surface area contributed by atoms with Crippen LogP contribution >= 0.6 is 24.0 Å². The third-order valence-electron chi connectivity index (χ3n) is 4.48. The predicted molar refractivity (Wildman–Crippen MR) is 101 cm³/mol. The van der Waals surface area contributed by atoms with E-state index in [0.717, 1.165) is 44.6 Å². The van der Waals surface area contributed by atoms with E-state index in [1.807, 2.05) is 13.0 Å². The van der Waals surface area contributed by atoms with Crippen molar-refractivity contribution in [3.63, 3.8) is 0 Å². The van der Waals surface area contributed by atoms with Crippen molar-refractivity contribution in [1.29, 1.82) is 0 Å². The molecule has 24 heavy (non-hydrogen) atoms. The molecule has 1 aliphatic heterocycles. The SMILES string of the molecule is CCCC(C)[C@H](c1cc(F)c(OCC)c(Cl)c1)N1CCNCC1.Cl. The first kappa shape index (κ1) is 21.5. The standard InChI is InChI=1S/C18H28ClFN2O.ClH/c1-4-6-13(3)17(22-9-7-21-8-10-22)14-11-15(19)18(23-5-2)16(20)12-14;/h11-13,17,21H,4-10H2,1-3H3;1H/t13?,17-;/m1./s1. The Balaban J connectivity index is 0.00000288. The topological polar surface area (TPSA) is 24.5 Å². The lowest BCUT2D eigenvalue weighted by Crippen LogP contribution is -2.46. The van der Waals surface area contributed by atoms with E-state index in [2.05, 4.69) is 24.1 Å². The fourth-order valence-electron chi connectivity index (χ4n) is 3.51. The summed E-state index contributed by atoms with van der Waals surface area (Å²) >= 11 is 6.28. The zero-order valence-electron chi connectivity index (χ0n) is 14.8. The van der Waals surface area contributed by atoms with Gasteiger partial charge in [-0.15, -0.1) is 12.4 Å². The first-order valence-electron chi connectivity index (χ1n) is 8.65. The summed E-state index contributed by atoms with van der Waals surface area (Å²) in [7, 11) is 0. The molecule has 6 heteroatoms. The van der Waals surface area contributed by atoms with Crippen molar-refractivity contribution in [3.05, 3.63) is 28.5 Å². The van der Waals surface area contributed by atoms with E-state index in [1.54, 1.807) is 6.07 Å². The molecule has 0 amide bonds. The summed E-state index contributed by atoms with van der Waals surface area (Å²) in [6, 6.07) is 3.68. The van der Waals surface area contributed by atoms with Crippen molar-refractivity contribution < 1.29 is 9.13 Å². The van der Waals surface area contributed by atoms with Gasteiger partial charge in [0.15, 0.2) is 11.6 Å². The van der Waals surface area contributed by atoms with Gasteiger partial charge < -0.3 is 10.1 Å². The molecule has 2 rings (SSSR count). The highest BCUT2D eigenvalue weighted by molar-refractivity contribution is 6.32. The largest absolute Gasteiger partial charge is 0.489 e.